The number of hydrogen-bond donors (Lipinski definition) is 1. The van der Waals surface area contributed by atoms with Crippen LogP contribution in [0.2, 0.25) is 0 Å². The van der Waals surface area contributed by atoms with Crippen LogP contribution in [0.25, 0.3) is 0 Å². The topological polar surface area (TPSA) is 47.1 Å². The molecule has 4 aliphatic carbocycles. The number of fused-ring (bicyclic) bond motifs is 1. The monoisotopic (exact) mass is 272 g/mol. The molecule has 4 fully saturated rings. The Labute approximate surface area is 120 Å². The first-order valence-corrected chi connectivity index (χ1v) is 8.18. The standard InChI is InChI=1S/C16H24N4/c1-19-8-13-14(9-19)20(18-15(13)17)16-5-10-2-11(6-16)4-12(3-10)7-16/h10-12H,2-9H2,1H3,(H2,17,18). The summed E-state index contributed by atoms with van der Waals surface area (Å²) >= 11 is 0. The van der Waals surface area contributed by atoms with Gasteiger partial charge in [0.25, 0.3) is 0 Å². The van der Waals surface area contributed by atoms with Crippen molar-refractivity contribution >= 4 is 5.82 Å². The molecule has 0 radical (unpaired) electrons. The highest BCUT2D eigenvalue weighted by molar-refractivity contribution is 5.45. The molecule has 0 atom stereocenters. The summed E-state index contributed by atoms with van der Waals surface area (Å²) in [6, 6.07) is 0. The van der Waals surface area contributed by atoms with Gasteiger partial charge in [0.15, 0.2) is 0 Å². The first-order valence-electron chi connectivity index (χ1n) is 8.18. The maximum Gasteiger partial charge on any atom is 0.150 e. The van der Waals surface area contributed by atoms with Crippen LogP contribution in [-0.4, -0.2) is 21.7 Å². The molecule has 4 saturated carbocycles. The Bertz CT molecular complexity index is 538. The number of aromatic nitrogens is 2. The van der Waals surface area contributed by atoms with Gasteiger partial charge in [-0.15, -0.1) is 0 Å². The van der Waals surface area contributed by atoms with Crippen LogP contribution in [0.15, 0.2) is 0 Å². The van der Waals surface area contributed by atoms with Crippen molar-refractivity contribution in [3.05, 3.63) is 11.3 Å². The molecule has 108 valence electrons. The van der Waals surface area contributed by atoms with E-state index in [4.69, 9.17) is 10.8 Å². The van der Waals surface area contributed by atoms with Crippen molar-refractivity contribution in [2.75, 3.05) is 12.8 Å². The van der Waals surface area contributed by atoms with Crippen LogP contribution in [0.5, 0.6) is 0 Å². The van der Waals surface area contributed by atoms with Gasteiger partial charge in [-0.25, -0.2) is 0 Å². The molecule has 1 aromatic heterocycles. The van der Waals surface area contributed by atoms with Gasteiger partial charge in [-0.05, 0) is 63.3 Å². The van der Waals surface area contributed by atoms with Crippen LogP contribution in [0.4, 0.5) is 5.82 Å². The number of anilines is 1. The molecule has 5 aliphatic rings. The number of rotatable bonds is 1. The predicted molar refractivity (Wildman–Crippen MR) is 78.0 cm³/mol. The van der Waals surface area contributed by atoms with E-state index in [0.29, 0.717) is 5.54 Å². The fourth-order valence-electron chi connectivity index (χ4n) is 6.14. The molecule has 2 heterocycles. The van der Waals surface area contributed by atoms with E-state index in [9.17, 15) is 0 Å². The summed E-state index contributed by atoms with van der Waals surface area (Å²) in [7, 11) is 2.18. The second-order valence-electron chi connectivity index (χ2n) is 8.04. The second-order valence-corrected chi connectivity index (χ2v) is 8.04. The summed E-state index contributed by atoms with van der Waals surface area (Å²) in [5, 5.41) is 4.82. The molecule has 0 amide bonds. The number of hydrogen-bond acceptors (Lipinski definition) is 3. The molecule has 1 aromatic rings. The summed E-state index contributed by atoms with van der Waals surface area (Å²) in [6.45, 7) is 2.01. The third-order valence-electron chi connectivity index (χ3n) is 6.42. The summed E-state index contributed by atoms with van der Waals surface area (Å²) in [5.41, 5.74) is 9.27. The molecule has 0 aromatic carbocycles. The van der Waals surface area contributed by atoms with Gasteiger partial charge in [-0.2, -0.15) is 5.10 Å². The molecule has 0 unspecified atom stereocenters. The summed E-state index contributed by atoms with van der Waals surface area (Å²) < 4.78 is 2.41. The predicted octanol–water partition coefficient (Wildman–Crippen LogP) is 2.34. The minimum atomic E-state index is 0.321. The van der Waals surface area contributed by atoms with Gasteiger partial charge in [0.05, 0.1) is 11.2 Å². The molecule has 1 aliphatic heterocycles. The maximum absolute atomic E-state index is 6.22. The highest BCUT2D eigenvalue weighted by Crippen LogP contribution is 2.59. The molecule has 4 bridgehead atoms. The van der Waals surface area contributed by atoms with Gasteiger partial charge in [0.2, 0.25) is 0 Å². The Hall–Kier alpha value is -1.03. The average molecular weight is 272 g/mol. The van der Waals surface area contributed by atoms with Crippen molar-refractivity contribution in [1.82, 2.24) is 14.7 Å². The van der Waals surface area contributed by atoms with E-state index in [-0.39, 0.29) is 0 Å². The highest BCUT2D eigenvalue weighted by Gasteiger charge is 2.53. The van der Waals surface area contributed by atoms with Gasteiger partial charge in [-0.3, -0.25) is 9.58 Å². The van der Waals surface area contributed by atoms with E-state index >= 15 is 0 Å². The average Bonchev–Trinajstić information content (AvgIpc) is 2.87. The van der Waals surface area contributed by atoms with Crippen LogP contribution in [0.1, 0.15) is 49.8 Å². The van der Waals surface area contributed by atoms with Crippen LogP contribution >= 0.6 is 0 Å². The quantitative estimate of drug-likeness (QED) is 0.853. The van der Waals surface area contributed by atoms with Crippen molar-refractivity contribution in [3.63, 3.8) is 0 Å². The Morgan fingerprint density at radius 2 is 1.65 bits per heavy atom. The zero-order valence-electron chi connectivity index (χ0n) is 12.3. The lowest BCUT2D eigenvalue weighted by Gasteiger charge is -2.57. The van der Waals surface area contributed by atoms with Gasteiger partial charge >= 0.3 is 0 Å². The summed E-state index contributed by atoms with van der Waals surface area (Å²) in [6.07, 6.45) is 8.52. The fraction of sp³-hybridized carbons (Fsp3) is 0.812. The molecular weight excluding hydrogens is 248 g/mol. The smallest absolute Gasteiger partial charge is 0.150 e. The molecule has 2 N–H and O–H groups in total. The van der Waals surface area contributed by atoms with E-state index in [1.54, 1.807) is 0 Å². The second kappa shape index (κ2) is 3.59. The zero-order chi connectivity index (χ0) is 13.5. The SMILES string of the molecule is CN1Cc2c(N)nn(C34CC5CC(CC(C5)C3)C4)c2C1. The Balaban J connectivity index is 1.62. The van der Waals surface area contributed by atoms with Crippen molar-refractivity contribution in [1.29, 1.82) is 0 Å². The number of nitrogen functional groups attached to an aromatic ring is 1. The highest BCUT2D eigenvalue weighted by atomic mass is 15.4. The van der Waals surface area contributed by atoms with Crippen molar-refractivity contribution in [2.45, 2.75) is 57.2 Å². The minimum absolute atomic E-state index is 0.321. The normalized spacial score (nSPS) is 42.4. The fourth-order valence-corrected chi connectivity index (χ4v) is 6.14. The van der Waals surface area contributed by atoms with Gasteiger partial charge < -0.3 is 5.73 Å². The maximum atomic E-state index is 6.22. The third-order valence-corrected chi connectivity index (χ3v) is 6.42. The molecule has 0 saturated heterocycles. The van der Waals surface area contributed by atoms with Gasteiger partial charge in [-0.1, -0.05) is 0 Å². The summed E-state index contributed by atoms with van der Waals surface area (Å²) in [4.78, 5) is 2.36. The van der Waals surface area contributed by atoms with E-state index in [0.717, 1.165) is 36.7 Å². The molecule has 6 rings (SSSR count). The van der Waals surface area contributed by atoms with Crippen LogP contribution < -0.4 is 5.73 Å². The number of nitrogens with two attached hydrogens (primary N) is 1. The van der Waals surface area contributed by atoms with Crippen LogP contribution in [-0.2, 0) is 18.6 Å². The van der Waals surface area contributed by atoms with Crippen LogP contribution in [0, 0.1) is 17.8 Å². The Morgan fingerprint density at radius 3 is 2.25 bits per heavy atom. The van der Waals surface area contributed by atoms with Gasteiger partial charge in [0, 0.05) is 18.7 Å². The molecule has 4 nitrogen and oxygen atoms in total. The third kappa shape index (κ3) is 1.38. The molecule has 4 heteroatoms. The molecule has 20 heavy (non-hydrogen) atoms. The molecular formula is C16H24N4. The van der Waals surface area contributed by atoms with Crippen molar-refractivity contribution < 1.29 is 0 Å². The lowest BCUT2D eigenvalue weighted by atomic mass is 9.53. The van der Waals surface area contributed by atoms with Gasteiger partial charge in [0.1, 0.15) is 5.82 Å². The summed E-state index contributed by atoms with van der Waals surface area (Å²) in [5.74, 6) is 3.67. The van der Waals surface area contributed by atoms with E-state index in [1.807, 2.05) is 0 Å². The van der Waals surface area contributed by atoms with Crippen molar-refractivity contribution in [3.8, 4) is 0 Å². The lowest BCUT2D eigenvalue weighted by molar-refractivity contribution is -0.0509. The lowest BCUT2D eigenvalue weighted by Crippen LogP contribution is -2.52. The Kier molecular flexibility index (Phi) is 2.08. The first-order chi connectivity index (χ1) is 9.63. The zero-order valence-corrected chi connectivity index (χ0v) is 12.3. The largest absolute Gasteiger partial charge is 0.382 e. The first kappa shape index (κ1) is 11.6. The van der Waals surface area contributed by atoms with E-state index < -0.39 is 0 Å². The van der Waals surface area contributed by atoms with E-state index in [1.165, 1.54) is 49.8 Å². The van der Waals surface area contributed by atoms with Crippen LogP contribution in [0.3, 0.4) is 0 Å². The number of nitrogens with zero attached hydrogens (tertiary/aromatic N) is 3. The Morgan fingerprint density at radius 1 is 1.05 bits per heavy atom. The van der Waals surface area contributed by atoms with E-state index in [2.05, 4.69) is 16.6 Å². The van der Waals surface area contributed by atoms with Crippen molar-refractivity contribution in [2.24, 2.45) is 17.8 Å². The minimum Gasteiger partial charge on any atom is -0.382 e. The molecule has 0 spiro atoms.